The molecule has 1 saturated carbocycles. The molecule has 0 aromatic carbocycles. The molecule has 0 aromatic rings. The number of Topliss-reactive ketones (excluding diaryl/α,β-unsaturated/α-hetero) is 1. The third kappa shape index (κ3) is 9.62. The van der Waals surface area contributed by atoms with Crippen LogP contribution in [0.25, 0.3) is 0 Å². The van der Waals surface area contributed by atoms with Crippen LogP contribution in [0.15, 0.2) is 24.3 Å². The molecule has 3 heteroatoms. The zero-order valence-electron chi connectivity index (χ0n) is 16.2. The molecule has 142 valence electrons. The SMILES string of the molecule is CCCCCC/C=C/[C@H]1CCC(=O)[C@@H]1C/C=C\CCCC(=O)OCC. The molecule has 2 atom stereocenters. The molecule has 0 bridgehead atoms. The Labute approximate surface area is 153 Å². The lowest BCUT2D eigenvalue weighted by Gasteiger charge is -2.12. The Kier molecular flexibility index (Phi) is 12.0. The molecule has 0 amide bonds. The van der Waals surface area contributed by atoms with Gasteiger partial charge in [-0.3, -0.25) is 9.59 Å². The molecule has 1 rings (SSSR count). The van der Waals surface area contributed by atoms with Gasteiger partial charge in [-0.1, -0.05) is 50.5 Å². The maximum absolute atomic E-state index is 12.1. The number of carbonyl (C=O) groups is 2. The Bertz CT molecular complexity index is 437. The van der Waals surface area contributed by atoms with E-state index in [1.807, 2.05) is 6.92 Å². The highest BCUT2D eigenvalue weighted by atomic mass is 16.5. The first-order valence-electron chi connectivity index (χ1n) is 10.2. The van der Waals surface area contributed by atoms with Crippen molar-refractivity contribution in [3.8, 4) is 0 Å². The highest BCUT2D eigenvalue weighted by Crippen LogP contribution is 2.32. The van der Waals surface area contributed by atoms with Gasteiger partial charge < -0.3 is 4.74 Å². The van der Waals surface area contributed by atoms with Gasteiger partial charge in [0.2, 0.25) is 0 Å². The van der Waals surface area contributed by atoms with Crippen molar-refractivity contribution in [2.45, 2.75) is 84.5 Å². The second-order valence-electron chi connectivity index (χ2n) is 6.96. The van der Waals surface area contributed by atoms with Crippen LogP contribution in [0, 0.1) is 11.8 Å². The van der Waals surface area contributed by atoms with Crippen molar-refractivity contribution in [1.82, 2.24) is 0 Å². The monoisotopic (exact) mass is 348 g/mol. The average Bonchev–Trinajstić information content (AvgIpc) is 2.94. The smallest absolute Gasteiger partial charge is 0.305 e. The van der Waals surface area contributed by atoms with Gasteiger partial charge in [0.25, 0.3) is 0 Å². The largest absolute Gasteiger partial charge is 0.466 e. The molecule has 1 aliphatic rings. The fraction of sp³-hybridized carbons (Fsp3) is 0.727. The summed E-state index contributed by atoms with van der Waals surface area (Å²) >= 11 is 0. The summed E-state index contributed by atoms with van der Waals surface area (Å²) in [6.45, 7) is 4.51. The highest BCUT2D eigenvalue weighted by molar-refractivity contribution is 5.83. The van der Waals surface area contributed by atoms with Crippen molar-refractivity contribution >= 4 is 11.8 Å². The van der Waals surface area contributed by atoms with E-state index >= 15 is 0 Å². The normalized spacial score (nSPS) is 20.8. The minimum absolute atomic E-state index is 0.119. The van der Waals surface area contributed by atoms with Crippen LogP contribution in [0.1, 0.15) is 84.5 Å². The first-order valence-corrected chi connectivity index (χ1v) is 10.2. The van der Waals surface area contributed by atoms with E-state index < -0.39 is 0 Å². The fourth-order valence-corrected chi connectivity index (χ4v) is 3.39. The molecule has 0 aromatic heterocycles. The third-order valence-corrected chi connectivity index (χ3v) is 4.88. The Morgan fingerprint density at radius 3 is 2.64 bits per heavy atom. The molecule has 1 fully saturated rings. The zero-order valence-corrected chi connectivity index (χ0v) is 16.2. The summed E-state index contributed by atoms with van der Waals surface area (Å²) in [5, 5.41) is 0. The van der Waals surface area contributed by atoms with E-state index in [0.29, 0.717) is 24.7 Å². The summed E-state index contributed by atoms with van der Waals surface area (Å²) in [7, 11) is 0. The van der Waals surface area contributed by atoms with Crippen LogP contribution < -0.4 is 0 Å². The predicted octanol–water partition coefficient (Wildman–Crippen LogP) is 5.79. The molecule has 0 heterocycles. The van der Waals surface area contributed by atoms with E-state index in [1.165, 1.54) is 25.7 Å². The van der Waals surface area contributed by atoms with Crippen molar-refractivity contribution in [1.29, 1.82) is 0 Å². The molecule has 0 aliphatic heterocycles. The van der Waals surface area contributed by atoms with Crippen LogP contribution in [-0.4, -0.2) is 18.4 Å². The minimum atomic E-state index is -0.119. The molecular weight excluding hydrogens is 312 g/mol. The van der Waals surface area contributed by atoms with E-state index in [1.54, 1.807) is 0 Å². The van der Waals surface area contributed by atoms with Gasteiger partial charge in [-0.15, -0.1) is 0 Å². The molecule has 0 spiro atoms. The van der Waals surface area contributed by atoms with Gasteiger partial charge in [-0.2, -0.15) is 0 Å². The predicted molar refractivity (Wildman–Crippen MR) is 103 cm³/mol. The first-order chi connectivity index (χ1) is 12.2. The number of allylic oxidation sites excluding steroid dienone is 4. The van der Waals surface area contributed by atoms with E-state index in [9.17, 15) is 9.59 Å². The summed E-state index contributed by atoms with van der Waals surface area (Å²) in [5.41, 5.74) is 0. The topological polar surface area (TPSA) is 43.4 Å². The minimum Gasteiger partial charge on any atom is -0.466 e. The third-order valence-electron chi connectivity index (χ3n) is 4.88. The zero-order chi connectivity index (χ0) is 18.3. The summed E-state index contributed by atoms with van der Waals surface area (Å²) in [5.74, 6) is 0.874. The number of carbonyl (C=O) groups excluding carboxylic acids is 2. The quantitative estimate of drug-likeness (QED) is 0.240. The van der Waals surface area contributed by atoms with Gasteiger partial charge in [0, 0.05) is 18.8 Å². The molecular formula is C22H36O3. The number of rotatable bonds is 13. The average molecular weight is 349 g/mol. The Hall–Kier alpha value is -1.38. The number of hydrogen-bond donors (Lipinski definition) is 0. The summed E-state index contributed by atoms with van der Waals surface area (Å²) in [6, 6.07) is 0. The number of hydrogen-bond acceptors (Lipinski definition) is 3. The van der Waals surface area contributed by atoms with Crippen LogP contribution in [0.4, 0.5) is 0 Å². The molecule has 0 saturated heterocycles. The second-order valence-corrected chi connectivity index (χ2v) is 6.96. The molecule has 0 N–H and O–H groups in total. The van der Waals surface area contributed by atoms with Crippen LogP contribution in [0.2, 0.25) is 0 Å². The maximum atomic E-state index is 12.1. The van der Waals surface area contributed by atoms with E-state index in [0.717, 1.165) is 38.5 Å². The Morgan fingerprint density at radius 2 is 1.88 bits per heavy atom. The Balaban J connectivity index is 2.24. The molecule has 3 nitrogen and oxygen atoms in total. The van der Waals surface area contributed by atoms with Crippen molar-refractivity contribution < 1.29 is 14.3 Å². The van der Waals surface area contributed by atoms with Gasteiger partial charge in [-0.05, 0) is 51.4 Å². The van der Waals surface area contributed by atoms with Crippen LogP contribution in [0.3, 0.4) is 0 Å². The number of ketones is 1. The van der Waals surface area contributed by atoms with Gasteiger partial charge in [0.1, 0.15) is 5.78 Å². The van der Waals surface area contributed by atoms with Crippen molar-refractivity contribution in [2.24, 2.45) is 11.8 Å². The van der Waals surface area contributed by atoms with E-state index in [-0.39, 0.29) is 11.9 Å². The lowest BCUT2D eigenvalue weighted by molar-refractivity contribution is -0.143. The molecule has 1 aliphatic carbocycles. The van der Waals surface area contributed by atoms with E-state index in [4.69, 9.17) is 4.74 Å². The number of ether oxygens (including phenoxy) is 1. The lowest BCUT2D eigenvalue weighted by Crippen LogP contribution is -2.12. The number of unbranched alkanes of at least 4 members (excludes halogenated alkanes) is 5. The van der Waals surface area contributed by atoms with Crippen molar-refractivity contribution in [3.63, 3.8) is 0 Å². The van der Waals surface area contributed by atoms with Gasteiger partial charge in [-0.25, -0.2) is 0 Å². The van der Waals surface area contributed by atoms with Crippen LogP contribution >= 0.6 is 0 Å². The van der Waals surface area contributed by atoms with Crippen molar-refractivity contribution in [3.05, 3.63) is 24.3 Å². The molecule has 0 radical (unpaired) electrons. The molecule has 25 heavy (non-hydrogen) atoms. The molecule has 0 unspecified atom stereocenters. The highest BCUT2D eigenvalue weighted by Gasteiger charge is 2.31. The fourth-order valence-electron chi connectivity index (χ4n) is 3.39. The van der Waals surface area contributed by atoms with Crippen molar-refractivity contribution in [2.75, 3.05) is 6.61 Å². The maximum Gasteiger partial charge on any atom is 0.305 e. The summed E-state index contributed by atoms with van der Waals surface area (Å²) in [6.07, 6.45) is 19.8. The first kappa shape index (κ1) is 21.7. The van der Waals surface area contributed by atoms with Gasteiger partial charge in [0.15, 0.2) is 0 Å². The Morgan fingerprint density at radius 1 is 1.08 bits per heavy atom. The lowest BCUT2D eigenvalue weighted by atomic mass is 9.91. The van der Waals surface area contributed by atoms with E-state index in [2.05, 4.69) is 31.2 Å². The van der Waals surface area contributed by atoms with Crippen LogP contribution in [0.5, 0.6) is 0 Å². The summed E-state index contributed by atoms with van der Waals surface area (Å²) < 4.78 is 4.91. The summed E-state index contributed by atoms with van der Waals surface area (Å²) in [4.78, 5) is 23.4. The second kappa shape index (κ2) is 13.9. The standard InChI is InChI=1S/C22H36O3/c1-3-5-6-7-8-11-14-19-17-18-21(23)20(19)15-12-9-10-13-16-22(24)25-4-2/h9,11-12,14,19-20H,3-8,10,13,15-18H2,1-2H3/b12-9-,14-11+/t19-,20+/m0/s1. The van der Waals surface area contributed by atoms with Crippen LogP contribution in [-0.2, 0) is 14.3 Å². The van der Waals surface area contributed by atoms with Gasteiger partial charge >= 0.3 is 5.97 Å². The van der Waals surface area contributed by atoms with Gasteiger partial charge in [0.05, 0.1) is 6.61 Å². The number of esters is 1.